The lowest BCUT2D eigenvalue weighted by Crippen LogP contribution is -2.00. The van der Waals surface area contributed by atoms with E-state index in [2.05, 4.69) is 9.97 Å². The Balaban J connectivity index is 2.71. The van der Waals surface area contributed by atoms with E-state index in [9.17, 15) is 4.79 Å². The van der Waals surface area contributed by atoms with Gasteiger partial charge >= 0.3 is 5.97 Å². The van der Waals surface area contributed by atoms with Gasteiger partial charge in [0.1, 0.15) is 5.65 Å². The fourth-order valence-electron chi connectivity index (χ4n) is 1.63. The first-order chi connectivity index (χ1) is 7.09. The number of hydrogen-bond acceptors (Lipinski definition) is 2. The molecule has 0 amide bonds. The maximum Gasteiger partial charge on any atom is 0.307 e. The predicted octanol–water partition coefficient (Wildman–Crippen LogP) is 2.15. The molecule has 0 spiro atoms. The van der Waals surface area contributed by atoms with Crippen molar-refractivity contribution in [3.05, 3.63) is 28.5 Å². The van der Waals surface area contributed by atoms with Crippen molar-refractivity contribution in [2.45, 2.75) is 13.3 Å². The van der Waals surface area contributed by atoms with E-state index in [1.807, 2.05) is 6.92 Å². The summed E-state index contributed by atoms with van der Waals surface area (Å²) in [5.41, 5.74) is 2.14. The van der Waals surface area contributed by atoms with Crippen LogP contribution in [0.3, 0.4) is 0 Å². The summed E-state index contributed by atoms with van der Waals surface area (Å²) in [6.07, 6.45) is 1.54. The van der Waals surface area contributed by atoms with E-state index in [-0.39, 0.29) is 6.42 Å². The van der Waals surface area contributed by atoms with Gasteiger partial charge in [0, 0.05) is 17.3 Å². The highest BCUT2D eigenvalue weighted by molar-refractivity contribution is 6.35. The van der Waals surface area contributed by atoms with E-state index in [0.29, 0.717) is 21.6 Å². The maximum atomic E-state index is 10.7. The van der Waals surface area contributed by atoms with E-state index in [1.54, 1.807) is 12.3 Å². The second-order valence-electron chi connectivity index (χ2n) is 3.32. The molecule has 78 valence electrons. The van der Waals surface area contributed by atoms with Crippen LogP contribution in [0.4, 0.5) is 0 Å². The second kappa shape index (κ2) is 3.55. The number of aryl methyl sites for hydroxylation is 1. The summed E-state index contributed by atoms with van der Waals surface area (Å²) in [6, 6.07) is 1.66. The van der Waals surface area contributed by atoms with Crippen LogP contribution in [0, 0.1) is 6.92 Å². The van der Waals surface area contributed by atoms with Crippen molar-refractivity contribution in [2.24, 2.45) is 0 Å². The van der Waals surface area contributed by atoms with Crippen molar-refractivity contribution in [1.82, 2.24) is 9.97 Å². The van der Waals surface area contributed by atoms with E-state index in [0.717, 1.165) is 5.69 Å². The maximum absolute atomic E-state index is 10.7. The van der Waals surface area contributed by atoms with Crippen LogP contribution in [0.25, 0.3) is 11.0 Å². The number of aromatic nitrogens is 2. The first-order valence-corrected chi connectivity index (χ1v) is 4.81. The molecule has 2 aromatic heterocycles. The Hall–Kier alpha value is -1.55. The fraction of sp³-hybridized carbons (Fsp3) is 0.200. The van der Waals surface area contributed by atoms with Crippen LogP contribution in [0.1, 0.15) is 11.3 Å². The molecular formula is C10H9ClN2O2. The lowest BCUT2D eigenvalue weighted by atomic mass is 10.1. The molecule has 4 nitrogen and oxygen atoms in total. The van der Waals surface area contributed by atoms with Gasteiger partial charge in [-0.25, -0.2) is 4.98 Å². The van der Waals surface area contributed by atoms with Gasteiger partial charge in [-0.1, -0.05) is 11.6 Å². The zero-order chi connectivity index (χ0) is 11.0. The molecule has 2 heterocycles. The summed E-state index contributed by atoms with van der Waals surface area (Å²) in [5.74, 6) is -0.876. The van der Waals surface area contributed by atoms with E-state index >= 15 is 0 Å². The zero-order valence-electron chi connectivity index (χ0n) is 8.04. The molecule has 2 N–H and O–H groups in total. The van der Waals surface area contributed by atoms with Crippen molar-refractivity contribution < 1.29 is 9.90 Å². The molecule has 0 atom stereocenters. The Kier molecular flexibility index (Phi) is 2.36. The van der Waals surface area contributed by atoms with Gasteiger partial charge in [0.2, 0.25) is 0 Å². The number of carboxylic acids is 1. The minimum absolute atomic E-state index is 0.0444. The van der Waals surface area contributed by atoms with Crippen LogP contribution in [0.2, 0.25) is 5.02 Å². The Bertz CT molecular complexity index is 533. The van der Waals surface area contributed by atoms with Gasteiger partial charge < -0.3 is 10.1 Å². The lowest BCUT2D eigenvalue weighted by molar-refractivity contribution is -0.136. The molecule has 0 aromatic carbocycles. The van der Waals surface area contributed by atoms with Crippen molar-refractivity contribution in [3.8, 4) is 0 Å². The number of rotatable bonds is 2. The van der Waals surface area contributed by atoms with Gasteiger partial charge in [0.25, 0.3) is 0 Å². The molecule has 0 radical (unpaired) electrons. The predicted molar refractivity (Wildman–Crippen MR) is 57.2 cm³/mol. The topological polar surface area (TPSA) is 66.0 Å². The summed E-state index contributed by atoms with van der Waals surface area (Å²) in [7, 11) is 0. The summed E-state index contributed by atoms with van der Waals surface area (Å²) < 4.78 is 0. The summed E-state index contributed by atoms with van der Waals surface area (Å²) in [6.45, 7) is 1.82. The highest BCUT2D eigenvalue weighted by Gasteiger charge is 2.14. The third-order valence-electron chi connectivity index (χ3n) is 2.29. The second-order valence-corrected chi connectivity index (χ2v) is 3.72. The Morgan fingerprint density at radius 3 is 3.07 bits per heavy atom. The van der Waals surface area contributed by atoms with Crippen molar-refractivity contribution in [2.75, 3.05) is 0 Å². The van der Waals surface area contributed by atoms with E-state index < -0.39 is 5.97 Å². The highest BCUT2D eigenvalue weighted by Crippen LogP contribution is 2.27. The average Bonchev–Trinajstić information content (AvgIpc) is 2.43. The van der Waals surface area contributed by atoms with Gasteiger partial charge in [-0.2, -0.15) is 0 Å². The smallest absolute Gasteiger partial charge is 0.307 e. The standard InChI is InChI=1S/C10H9ClN2O2/c1-5-6(4-8(14)15)9-7(11)2-3-12-10(9)13-5/h2-3H,4H2,1H3,(H,12,13)(H,14,15). The molecule has 2 rings (SSSR count). The summed E-state index contributed by atoms with van der Waals surface area (Å²) in [5, 5.41) is 10.0. The minimum atomic E-state index is -0.876. The van der Waals surface area contributed by atoms with Gasteiger partial charge in [0.15, 0.2) is 0 Å². The molecule has 0 fully saturated rings. The monoisotopic (exact) mass is 224 g/mol. The molecule has 5 heteroatoms. The van der Waals surface area contributed by atoms with Crippen molar-refractivity contribution >= 4 is 28.6 Å². The fourth-order valence-corrected chi connectivity index (χ4v) is 1.89. The van der Waals surface area contributed by atoms with Crippen LogP contribution in [-0.4, -0.2) is 21.0 Å². The number of carbonyl (C=O) groups is 1. The molecular weight excluding hydrogens is 216 g/mol. The van der Waals surface area contributed by atoms with Crippen LogP contribution in [0.15, 0.2) is 12.3 Å². The van der Waals surface area contributed by atoms with Crippen LogP contribution in [-0.2, 0) is 11.2 Å². The number of fused-ring (bicyclic) bond motifs is 1. The average molecular weight is 225 g/mol. The number of pyridine rings is 1. The number of hydrogen-bond donors (Lipinski definition) is 2. The number of nitrogens with one attached hydrogen (secondary N) is 1. The summed E-state index contributed by atoms with van der Waals surface area (Å²) >= 11 is 6.01. The summed E-state index contributed by atoms with van der Waals surface area (Å²) in [4.78, 5) is 17.8. The van der Waals surface area contributed by atoms with Gasteiger partial charge in [-0.3, -0.25) is 4.79 Å². The Morgan fingerprint density at radius 2 is 2.40 bits per heavy atom. The normalized spacial score (nSPS) is 10.8. The molecule has 0 aliphatic rings. The third kappa shape index (κ3) is 1.68. The number of aliphatic carboxylic acids is 1. The lowest BCUT2D eigenvalue weighted by Gasteiger charge is -1.97. The minimum Gasteiger partial charge on any atom is -0.481 e. The molecule has 0 aliphatic heterocycles. The SMILES string of the molecule is Cc1[nH]c2nccc(Cl)c2c1CC(=O)O. The molecule has 0 bridgehead atoms. The van der Waals surface area contributed by atoms with Crippen LogP contribution < -0.4 is 0 Å². The zero-order valence-corrected chi connectivity index (χ0v) is 8.80. The van der Waals surface area contributed by atoms with Crippen molar-refractivity contribution in [1.29, 1.82) is 0 Å². The Labute approximate surface area is 90.9 Å². The number of H-pyrrole nitrogens is 1. The number of nitrogens with zero attached hydrogens (tertiary/aromatic N) is 1. The molecule has 0 saturated carbocycles. The third-order valence-corrected chi connectivity index (χ3v) is 2.60. The molecule has 15 heavy (non-hydrogen) atoms. The molecule has 0 aliphatic carbocycles. The number of carboxylic acid groups (broad SMARTS) is 1. The Morgan fingerprint density at radius 1 is 1.67 bits per heavy atom. The quantitative estimate of drug-likeness (QED) is 0.822. The largest absolute Gasteiger partial charge is 0.481 e. The van der Waals surface area contributed by atoms with Gasteiger partial charge in [-0.05, 0) is 18.6 Å². The number of halogens is 1. The van der Waals surface area contributed by atoms with E-state index in [1.165, 1.54) is 0 Å². The highest BCUT2D eigenvalue weighted by atomic mass is 35.5. The van der Waals surface area contributed by atoms with Gasteiger partial charge in [-0.15, -0.1) is 0 Å². The molecule has 0 unspecified atom stereocenters. The number of aromatic amines is 1. The van der Waals surface area contributed by atoms with Crippen LogP contribution >= 0.6 is 11.6 Å². The molecule has 2 aromatic rings. The van der Waals surface area contributed by atoms with E-state index in [4.69, 9.17) is 16.7 Å². The van der Waals surface area contributed by atoms with Crippen molar-refractivity contribution in [3.63, 3.8) is 0 Å². The van der Waals surface area contributed by atoms with Crippen LogP contribution in [0.5, 0.6) is 0 Å². The molecule has 0 saturated heterocycles. The van der Waals surface area contributed by atoms with Gasteiger partial charge in [0.05, 0.1) is 11.4 Å². The first kappa shape index (κ1) is 9.98. The first-order valence-electron chi connectivity index (χ1n) is 4.43.